The molecule has 128 valence electrons. The van der Waals surface area contributed by atoms with Crippen LogP contribution in [0.15, 0.2) is 53.1 Å². The van der Waals surface area contributed by atoms with E-state index < -0.39 is 17.6 Å². The minimum atomic E-state index is -4.55. The lowest BCUT2D eigenvalue weighted by Gasteiger charge is -2.13. The smallest absolute Gasteiger partial charge is 0.334 e. The number of aryl methyl sites for hydroxylation is 1. The Bertz CT molecular complexity index is 902. The van der Waals surface area contributed by atoms with E-state index in [1.54, 1.807) is 19.1 Å². The summed E-state index contributed by atoms with van der Waals surface area (Å²) in [6.45, 7) is 1.67. The zero-order valence-electron chi connectivity index (χ0n) is 13.0. The third kappa shape index (κ3) is 3.68. The molecule has 0 spiro atoms. The third-order valence-corrected chi connectivity index (χ3v) is 3.40. The SMILES string of the molecule is Cc1noc(-c2ccc(C(=O)Nc3ccccc3C(F)(F)F)cc2)n1. The van der Waals surface area contributed by atoms with Crippen LogP contribution < -0.4 is 5.32 Å². The van der Waals surface area contributed by atoms with Gasteiger partial charge in [0, 0.05) is 11.1 Å². The molecule has 0 aliphatic heterocycles. The van der Waals surface area contributed by atoms with Crippen LogP contribution >= 0.6 is 0 Å². The van der Waals surface area contributed by atoms with Crippen molar-refractivity contribution in [3.8, 4) is 11.5 Å². The lowest BCUT2D eigenvalue weighted by Crippen LogP contribution is -2.16. The molecule has 2 aromatic carbocycles. The number of para-hydroxylation sites is 1. The highest BCUT2D eigenvalue weighted by Gasteiger charge is 2.33. The first-order valence-corrected chi connectivity index (χ1v) is 7.23. The molecule has 1 heterocycles. The van der Waals surface area contributed by atoms with Gasteiger partial charge in [0.2, 0.25) is 0 Å². The van der Waals surface area contributed by atoms with Gasteiger partial charge < -0.3 is 9.84 Å². The van der Waals surface area contributed by atoms with E-state index in [1.165, 1.54) is 30.3 Å². The molecule has 0 saturated heterocycles. The number of hydrogen-bond donors (Lipinski definition) is 1. The van der Waals surface area contributed by atoms with Gasteiger partial charge in [-0.2, -0.15) is 18.2 Å². The normalized spacial score (nSPS) is 11.4. The molecule has 0 aliphatic rings. The van der Waals surface area contributed by atoms with E-state index in [9.17, 15) is 18.0 Å². The molecule has 8 heteroatoms. The largest absolute Gasteiger partial charge is 0.418 e. The van der Waals surface area contributed by atoms with Crippen molar-refractivity contribution in [2.45, 2.75) is 13.1 Å². The first kappa shape index (κ1) is 16.7. The van der Waals surface area contributed by atoms with Gasteiger partial charge >= 0.3 is 6.18 Å². The van der Waals surface area contributed by atoms with Gasteiger partial charge in [0.25, 0.3) is 11.8 Å². The van der Waals surface area contributed by atoms with Crippen molar-refractivity contribution in [2.24, 2.45) is 0 Å². The minimum absolute atomic E-state index is 0.206. The minimum Gasteiger partial charge on any atom is -0.334 e. The number of hydrogen-bond acceptors (Lipinski definition) is 4. The highest BCUT2D eigenvalue weighted by atomic mass is 19.4. The summed E-state index contributed by atoms with van der Waals surface area (Å²) in [4.78, 5) is 16.3. The number of aromatic nitrogens is 2. The van der Waals surface area contributed by atoms with Gasteiger partial charge in [-0.15, -0.1) is 0 Å². The maximum atomic E-state index is 13.0. The van der Waals surface area contributed by atoms with Gasteiger partial charge in [-0.1, -0.05) is 17.3 Å². The van der Waals surface area contributed by atoms with Crippen LogP contribution in [0.1, 0.15) is 21.7 Å². The van der Waals surface area contributed by atoms with Gasteiger partial charge in [-0.05, 0) is 43.3 Å². The van der Waals surface area contributed by atoms with Crippen molar-refractivity contribution < 1.29 is 22.5 Å². The van der Waals surface area contributed by atoms with E-state index in [1.807, 2.05) is 0 Å². The van der Waals surface area contributed by atoms with Crippen LogP contribution in [0.25, 0.3) is 11.5 Å². The van der Waals surface area contributed by atoms with Crippen molar-refractivity contribution in [3.05, 3.63) is 65.5 Å². The van der Waals surface area contributed by atoms with Crippen molar-refractivity contribution in [1.82, 2.24) is 10.1 Å². The fourth-order valence-corrected chi connectivity index (χ4v) is 2.21. The van der Waals surface area contributed by atoms with Gasteiger partial charge in [0.1, 0.15) is 0 Å². The van der Waals surface area contributed by atoms with E-state index in [-0.39, 0.29) is 11.3 Å². The van der Waals surface area contributed by atoms with Crippen LogP contribution in [0.3, 0.4) is 0 Å². The van der Waals surface area contributed by atoms with E-state index in [0.717, 1.165) is 6.07 Å². The number of nitrogens with zero attached hydrogens (tertiary/aromatic N) is 2. The molecule has 1 amide bonds. The number of rotatable bonds is 3. The Kier molecular flexibility index (Phi) is 4.26. The monoisotopic (exact) mass is 347 g/mol. The Morgan fingerprint density at radius 1 is 1.08 bits per heavy atom. The summed E-state index contributed by atoms with van der Waals surface area (Å²) < 4.78 is 43.9. The predicted molar refractivity (Wildman–Crippen MR) is 83.9 cm³/mol. The molecular formula is C17H12F3N3O2. The van der Waals surface area contributed by atoms with Crippen LogP contribution in [0.5, 0.6) is 0 Å². The van der Waals surface area contributed by atoms with Crippen molar-refractivity contribution in [3.63, 3.8) is 0 Å². The summed E-state index contributed by atoms with van der Waals surface area (Å²) in [7, 11) is 0. The maximum absolute atomic E-state index is 13.0. The van der Waals surface area contributed by atoms with Crippen LogP contribution in [-0.4, -0.2) is 16.0 Å². The third-order valence-electron chi connectivity index (χ3n) is 3.40. The van der Waals surface area contributed by atoms with Gasteiger partial charge in [-0.25, -0.2) is 0 Å². The molecule has 3 aromatic rings. The summed E-state index contributed by atoms with van der Waals surface area (Å²) in [5, 5.41) is 5.95. The second kappa shape index (κ2) is 6.39. The van der Waals surface area contributed by atoms with Crippen molar-refractivity contribution in [2.75, 3.05) is 5.32 Å². The summed E-state index contributed by atoms with van der Waals surface area (Å²) in [5.41, 5.74) is -0.386. The first-order valence-electron chi connectivity index (χ1n) is 7.23. The lowest BCUT2D eigenvalue weighted by molar-refractivity contribution is -0.136. The van der Waals surface area contributed by atoms with Crippen LogP contribution in [0.4, 0.5) is 18.9 Å². The molecule has 25 heavy (non-hydrogen) atoms. The number of nitrogens with one attached hydrogen (secondary N) is 1. The Morgan fingerprint density at radius 3 is 2.36 bits per heavy atom. The summed E-state index contributed by atoms with van der Waals surface area (Å²) in [5.74, 6) is 0.123. The van der Waals surface area contributed by atoms with Gasteiger partial charge in [-0.3, -0.25) is 4.79 Å². The number of alkyl halides is 3. The van der Waals surface area contributed by atoms with E-state index >= 15 is 0 Å². The molecule has 0 fully saturated rings. The number of halogens is 3. The molecule has 0 saturated carbocycles. The Balaban J connectivity index is 1.81. The molecule has 0 radical (unpaired) electrons. The number of carbonyl (C=O) groups is 1. The molecule has 0 atom stereocenters. The zero-order valence-corrected chi connectivity index (χ0v) is 13.0. The number of benzene rings is 2. The fraction of sp³-hybridized carbons (Fsp3) is 0.118. The lowest BCUT2D eigenvalue weighted by atomic mass is 10.1. The molecule has 0 unspecified atom stereocenters. The summed E-state index contributed by atoms with van der Waals surface area (Å²) in [6.07, 6.45) is -4.55. The molecule has 3 rings (SSSR count). The highest BCUT2D eigenvalue weighted by Crippen LogP contribution is 2.34. The summed E-state index contributed by atoms with van der Waals surface area (Å²) in [6, 6.07) is 10.9. The van der Waals surface area contributed by atoms with Crippen molar-refractivity contribution >= 4 is 11.6 Å². The first-order chi connectivity index (χ1) is 11.8. The molecule has 1 N–H and O–H groups in total. The van der Waals surface area contributed by atoms with E-state index in [2.05, 4.69) is 15.5 Å². The Morgan fingerprint density at radius 2 is 1.76 bits per heavy atom. The summed E-state index contributed by atoms with van der Waals surface area (Å²) >= 11 is 0. The molecule has 0 bridgehead atoms. The van der Waals surface area contributed by atoms with Crippen LogP contribution in [0.2, 0.25) is 0 Å². The quantitative estimate of drug-likeness (QED) is 0.766. The molecular weight excluding hydrogens is 335 g/mol. The van der Waals surface area contributed by atoms with Gasteiger partial charge in [0.15, 0.2) is 5.82 Å². The number of amides is 1. The second-order valence-electron chi connectivity index (χ2n) is 5.22. The van der Waals surface area contributed by atoms with Crippen molar-refractivity contribution in [1.29, 1.82) is 0 Å². The van der Waals surface area contributed by atoms with E-state index in [0.29, 0.717) is 17.3 Å². The maximum Gasteiger partial charge on any atom is 0.418 e. The van der Waals surface area contributed by atoms with Crippen LogP contribution in [-0.2, 0) is 6.18 Å². The average Bonchev–Trinajstić information content (AvgIpc) is 3.01. The topological polar surface area (TPSA) is 68.0 Å². The zero-order chi connectivity index (χ0) is 18.0. The second-order valence-corrected chi connectivity index (χ2v) is 5.22. The number of carbonyl (C=O) groups excluding carboxylic acids is 1. The molecule has 5 nitrogen and oxygen atoms in total. The average molecular weight is 347 g/mol. The predicted octanol–water partition coefficient (Wildman–Crippen LogP) is 4.32. The Labute approximate surface area is 140 Å². The standard InChI is InChI=1S/C17H12F3N3O2/c1-10-21-16(25-23-10)12-8-6-11(7-9-12)15(24)22-14-5-3-2-4-13(14)17(18,19)20/h2-9H,1H3,(H,22,24). The number of anilines is 1. The molecule has 0 aliphatic carbocycles. The fourth-order valence-electron chi connectivity index (χ4n) is 2.21. The van der Waals surface area contributed by atoms with Gasteiger partial charge in [0.05, 0.1) is 11.3 Å². The van der Waals surface area contributed by atoms with E-state index in [4.69, 9.17) is 4.52 Å². The Hall–Kier alpha value is -3.16. The highest BCUT2D eigenvalue weighted by molar-refractivity contribution is 6.04. The molecule has 1 aromatic heterocycles. The van der Waals surface area contributed by atoms with Crippen LogP contribution in [0, 0.1) is 6.92 Å².